The lowest BCUT2D eigenvalue weighted by molar-refractivity contribution is -0.139. The maximum Gasteiger partial charge on any atom is 0.341 e. The Morgan fingerprint density at radius 1 is 1.16 bits per heavy atom. The number of carboxylic acids is 1. The lowest BCUT2D eigenvalue weighted by Gasteiger charge is -2.14. The van der Waals surface area contributed by atoms with Crippen LogP contribution < -0.4 is 14.2 Å². The minimum absolute atomic E-state index is 0.108. The summed E-state index contributed by atoms with van der Waals surface area (Å²) in [4.78, 5) is 37.3. The lowest BCUT2D eigenvalue weighted by Crippen LogP contribution is -2.32. The molecule has 9 heteroatoms. The van der Waals surface area contributed by atoms with E-state index in [1.807, 2.05) is 31.2 Å². The molecule has 1 fully saturated rings. The molecule has 0 aromatic heterocycles. The van der Waals surface area contributed by atoms with Crippen molar-refractivity contribution in [2.45, 2.75) is 6.92 Å². The van der Waals surface area contributed by atoms with Crippen LogP contribution in [0.4, 0.5) is 4.79 Å². The molecule has 162 valence electrons. The molecule has 0 unspecified atom stereocenters. The highest BCUT2D eigenvalue weighted by Crippen LogP contribution is 2.37. The standard InChI is InChI=1S/C22H21NO7S/c1-14-5-3-7-16(11-14)29-10-9-23-21(26)18(31-22(23)27)12-15-6-4-8-17(28-2)20(15)30-13-19(24)25/h3-8,11-12H,9-10,13H2,1-2H3,(H,24,25)/b18-12-. The summed E-state index contributed by atoms with van der Waals surface area (Å²) in [5, 5.41) is 8.50. The van der Waals surface area contributed by atoms with Gasteiger partial charge in [-0.25, -0.2) is 4.79 Å². The van der Waals surface area contributed by atoms with Crippen molar-refractivity contribution in [1.82, 2.24) is 4.90 Å². The first-order chi connectivity index (χ1) is 14.9. The summed E-state index contributed by atoms with van der Waals surface area (Å²) in [6, 6.07) is 12.4. The summed E-state index contributed by atoms with van der Waals surface area (Å²) < 4.78 is 16.2. The van der Waals surface area contributed by atoms with Crippen LogP contribution in [0.1, 0.15) is 11.1 Å². The van der Waals surface area contributed by atoms with Crippen molar-refractivity contribution in [1.29, 1.82) is 0 Å². The molecule has 8 nitrogen and oxygen atoms in total. The number of hydrogen-bond donors (Lipinski definition) is 1. The van der Waals surface area contributed by atoms with Gasteiger partial charge in [0.2, 0.25) is 0 Å². The van der Waals surface area contributed by atoms with Crippen LogP contribution in [0, 0.1) is 6.92 Å². The lowest BCUT2D eigenvalue weighted by atomic mass is 10.1. The smallest absolute Gasteiger partial charge is 0.341 e. The molecular formula is C22H21NO7S. The van der Waals surface area contributed by atoms with Gasteiger partial charge in [0.25, 0.3) is 11.1 Å². The highest BCUT2D eigenvalue weighted by Gasteiger charge is 2.35. The number of amides is 2. The molecule has 2 amide bonds. The molecule has 31 heavy (non-hydrogen) atoms. The maximum absolute atomic E-state index is 12.7. The van der Waals surface area contributed by atoms with Crippen LogP contribution in [-0.4, -0.2) is 54.0 Å². The summed E-state index contributed by atoms with van der Waals surface area (Å²) in [5.41, 5.74) is 1.48. The average Bonchev–Trinajstić information content (AvgIpc) is 3.00. The van der Waals surface area contributed by atoms with E-state index in [2.05, 4.69) is 0 Å². The predicted octanol–water partition coefficient (Wildman–Crippen LogP) is 3.58. The van der Waals surface area contributed by atoms with Gasteiger partial charge in [-0.2, -0.15) is 0 Å². The van der Waals surface area contributed by atoms with E-state index in [-0.39, 0.29) is 23.8 Å². The molecule has 2 aromatic rings. The van der Waals surface area contributed by atoms with E-state index in [0.29, 0.717) is 17.1 Å². The second-order valence-electron chi connectivity index (χ2n) is 6.56. The van der Waals surface area contributed by atoms with Crippen LogP contribution in [0.15, 0.2) is 47.4 Å². The fourth-order valence-electron chi connectivity index (χ4n) is 2.89. The number of methoxy groups -OCH3 is 1. The van der Waals surface area contributed by atoms with E-state index in [9.17, 15) is 14.4 Å². The zero-order valence-corrected chi connectivity index (χ0v) is 17.8. The third-order valence-corrected chi connectivity index (χ3v) is 5.21. The molecule has 0 aliphatic carbocycles. The fraction of sp³-hybridized carbons (Fsp3) is 0.227. The van der Waals surface area contributed by atoms with Gasteiger partial charge >= 0.3 is 5.97 Å². The molecule has 0 atom stereocenters. The third kappa shape index (κ3) is 5.58. The van der Waals surface area contributed by atoms with Crippen LogP contribution in [0.25, 0.3) is 6.08 Å². The van der Waals surface area contributed by atoms with Gasteiger partial charge in [0.1, 0.15) is 12.4 Å². The molecule has 1 saturated heterocycles. The molecule has 1 heterocycles. The molecule has 0 bridgehead atoms. The Balaban J connectivity index is 1.73. The van der Waals surface area contributed by atoms with Gasteiger partial charge in [-0.05, 0) is 48.5 Å². The van der Waals surface area contributed by atoms with Crippen molar-refractivity contribution >= 4 is 35.0 Å². The molecule has 1 aliphatic heterocycles. The molecule has 0 spiro atoms. The summed E-state index contributed by atoms with van der Waals surface area (Å²) in [5.74, 6) is -0.428. The number of imide groups is 1. The zero-order valence-electron chi connectivity index (χ0n) is 17.0. The molecule has 1 aliphatic rings. The van der Waals surface area contributed by atoms with Crippen LogP contribution in [0.5, 0.6) is 17.2 Å². The van der Waals surface area contributed by atoms with Gasteiger partial charge in [-0.15, -0.1) is 0 Å². The van der Waals surface area contributed by atoms with E-state index in [0.717, 1.165) is 22.2 Å². The third-order valence-electron chi connectivity index (χ3n) is 4.30. The van der Waals surface area contributed by atoms with Gasteiger partial charge in [0, 0.05) is 5.56 Å². The first kappa shape index (κ1) is 22.2. The van der Waals surface area contributed by atoms with E-state index < -0.39 is 23.7 Å². The summed E-state index contributed by atoms with van der Waals surface area (Å²) in [6.07, 6.45) is 1.49. The Kier molecular flexibility index (Phi) is 7.19. The Morgan fingerprint density at radius 2 is 1.94 bits per heavy atom. The van der Waals surface area contributed by atoms with Crippen LogP contribution in [-0.2, 0) is 9.59 Å². The Hall–Kier alpha value is -3.46. The number of rotatable bonds is 9. The van der Waals surface area contributed by atoms with Gasteiger partial charge in [0.15, 0.2) is 18.1 Å². The molecule has 3 rings (SSSR count). The first-order valence-electron chi connectivity index (χ1n) is 9.35. The van der Waals surface area contributed by atoms with Crippen molar-refractivity contribution in [3.8, 4) is 17.2 Å². The number of carbonyl (C=O) groups is 3. The summed E-state index contributed by atoms with van der Waals surface area (Å²) in [6.45, 7) is 1.65. The number of aryl methyl sites for hydroxylation is 1. The minimum Gasteiger partial charge on any atom is -0.493 e. The SMILES string of the molecule is COc1cccc(/C=C2\SC(=O)N(CCOc3cccc(C)c3)C2=O)c1OCC(=O)O. The Labute approximate surface area is 183 Å². The van der Waals surface area contributed by atoms with Crippen molar-refractivity contribution in [3.63, 3.8) is 0 Å². The number of para-hydroxylation sites is 1. The topological polar surface area (TPSA) is 102 Å². The number of hydrogen-bond acceptors (Lipinski definition) is 7. The van der Waals surface area contributed by atoms with E-state index in [4.69, 9.17) is 19.3 Å². The normalized spacial score (nSPS) is 14.8. The zero-order chi connectivity index (χ0) is 22.4. The van der Waals surface area contributed by atoms with Gasteiger partial charge in [0.05, 0.1) is 18.6 Å². The van der Waals surface area contributed by atoms with Crippen molar-refractivity contribution in [2.24, 2.45) is 0 Å². The van der Waals surface area contributed by atoms with Crippen molar-refractivity contribution in [2.75, 3.05) is 26.9 Å². The number of carbonyl (C=O) groups excluding carboxylic acids is 2. The number of benzene rings is 2. The fourth-order valence-corrected chi connectivity index (χ4v) is 3.75. The number of carboxylic acid groups (broad SMARTS) is 1. The first-order valence-corrected chi connectivity index (χ1v) is 10.2. The number of ether oxygens (including phenoxy) is 3. The van der Waals surface area contributed by atoms with E-state index >= 15 is 0 Å². The van der Waals surface area contributed by atoms with Gasteiger partial charge in [-0.3, -0.25) is 14.5 Å². The Morgan fingerprint density at radius 3 is 2.65 bits per heavy atom. The molecule has 2 aromatic carbocycles. The molecule has 1 N–H and O–H groups in total. The van der Waals surface area contributed by atoms with Crippen molar-refractivity contribution < 1.29 is 33.7 Å². The van der Waals surface area contributed by atoms with Crippen LogP contribution in [0.2, 0.25) is 0 Å². The van der Waals surface area contributed by atoms with Gasteiger partial charge in [-0.1, -0.05) is 24.3 Å². The summed E-state index contributed by atoms with van der Waals surface area (Å²) >= 11 is 0.802. The minimum atomic E-state index is -1.15. The predicted molar refractivity (Wildman–Crippen MR) is 115 cm³/mol. The van der Waals surface area contributed by atoms with Gasteiger partial charge < -0.3 is 19.3 Å². The molecular weight excluding hydrogens is 422 g/mol. The second kappa shape index (κ2) is 10.0. The monoisotopic (exact) mass is 443 g/mol. The van der Waals surface area contributed by atoms with E-state index in [1.54, 1.807) is 18.2 Å². The van der Waals surface area contributed by atoms with E-state index in [1.165, 1.54) is 13.2 Å². The largest absolute Gasteiger partial charge is 0.493 e. The quantitative estimate of drug-likeness (QED) is 0.587. The number of aliphatic carboxylic acids is 1. The number of thioether (sulfide) groups is 1. The maximum atomic E-state index is 12.7. The van der Waals surface area contributed by atoms with Crippen LogP contribution >= 0.6 is 11.8 Å². The average molecular weight is 443 g/mol. The molecule has 0 saturated carbocycles. The highest BCUT2D eigenvalue weighted by atomic mass is 32.2. The second-order valence-corrected chi connectivity index (χ2v) is 7.55. The summed E-state index contributed by atoms with van der Waals surface area (Å²) in [7, 11) is 1.43. The van der Waals surface area contributed by atoms with Crippen molar-refractivity contribution in [3.05, 3.63) is 58.5 Å². The van der Waals surface area contributed by atoms with Crippen LogP contribution in [0.3, 0.4) is 0 Å². The Bertz CT molecular complexity index is 1030. The molecule has 0 radical (unpaired) electrons. The highest BCUT2D eigenvalue weighted by molar-refractivity contribution is 8.18. The number of nitrogens with zero attached hydrogens (tertiary/aromatic N) is 1.